The summed E-state index contributed by atoms with van der Waals surface area (Å²) in [4.78, 5) is 21.5. The molecule has 0 N–H and O–H groups in total. The van der Waals surface area contributed by atoms with Gasteiger partial charge in [-0.3, -0.25) is 9.79 Å². The molecule has 0 radical (unpaired) electrons. The van der Waals surface area contributed by atoms with Gasteiger partial charge in [0.2, 0.25) is 0 Å². The fourth-order valence-corrected chi connectivity index (χ4v) is 9.39. The Hall–Kier alpha value is -3.87. The smallest absolute Gasteiger partial charge is 0.302 e. The van der Waals surface area contributed by atoms with E-state index < -0.39 is 0 Å². The summed E-state index contributed by atoms with van der Waals surface area (Å²) in [6.07, 6.45) is 14.0. The van der Waals surface area contributed by atoms with Gasteiger partial charge in [-0.2, -0.15) is 0 Å². The van der Waals surface area contributed by atoms with Crippen molar-refractivity contribution >= 4 is 34.6 Å². The summed E-state index contributed by atoms with van der Waals surface area (Å²) in [5.41, 5.74) is 7.31. The van der Waals surface area contributed by atoms with Crippen LogP contribution in [0.15, 0.2) is 71.0 Å². The summed E-state index contributed by atoms with van der Waals surface area (Å²) in [6.45, 7) is 6.52. The third-order valence-electron chi connectivity index (χ3n) is 11.5. The molecular weight excluding hydrogens is 550 g/mol. The number of ether oxygens (including phenoxy) is 3. The Morgan fingerprint density at radius 2 is 1.80 bits per heavy atom. The third-order valence-corrected chi connectivity index (χ3v) is 11.5. The van der Waals surface area contributed by atoms with Gasteiger partial charge in [0, 0.05) is 36.7 Å². The number of nitrogens with zero attached hydrogens (tertiary/aromatic N) is 3. The Labute approximate surface area is 260 Å². The predicted octanol–water partition coefficient (Wildman–Crippen LogP) is 8.17. The fourth-order valence-electron chi connectivity index (χ4n) is 9.39. The average molecular weight is 594 g/mol. The molecule has 2 saturated carbocycles. The summed E-state index contributed by atoms with van der Waals surface area (Å²) in [7, 11) is 3.30. The molecule has 1 unspecified atom stereocenters. The Morgan fingerprint density at radius 3 is 2.59 bits per heavy atom. The quantitative estimate of drug-likeness (QED) is 0.164. The number of carbonyl (C=O) groups is 1. The van der Waals surface area contributed by atoms with Crippen LogP contribution in [0.4, 0.5) is 5.69 Å². The topological polar surface area (TPSA) is 74.9 Å². The zero-order chi connectivity index (χ0) is 30.6. The summed E-state index contributed by atoms with van der Waals surface area (Å²) < 4.78 is 19.0. The van der Waals surface area contributed by atoms with E-state index in [1.807, 2.05) is 24.5 Å². The minimum absolute atomic E-state index is 0.000234. The van der Waals surface area contributed by atoms with Crippen molar-refractivity contribution in [3.8, 4) is 11.5 Å². The lowest BCUT2D eigenvalue weighted by Gasteiger charge is -2.57. The van der Waals surface area contributed by atoms with E-state index in [2.05, 4.69) is 55.0 Å². The Bertz CT molecular complexity index is 1700. The maximum absolute atomic E-state index is 11.7. The molecule has 4 aliphatic carbocycles. The van der Waals surface area contributed by atoms with Gasteiger partial charge in [-0.1, -0.05) is 37.6 Å². The summed E-state index contributed by atoms with van der Waals surface area (Å²) >= 11 is 0. The summed E-state index contributed by atoms with van der Waals surface area (Å²) in [6, 6.07) is 14.3. The van der Waals surface area contributed by atoms with Gasteiger partial charge in [-0.15, -0.1) is 0 Å². The molecule has 0 bridgehead atoms. The number of para-hydroxylation sites is 2. The van der Waals surface area contributed by atoms with Crippen molar-refractivity contribution in [2.24, 2.45) is 33.6 Å². The molecule has 7 heteroatoms. The molecule has 2 fully saturated rings. The lowest BCUT2D eigenvalue weighted by atomic mass is 9.47. The van der Waals surface area contributed by atoms with Gasteiger partial charge in [0.05, 0.1) is 30.9 Å². The number of hydrogen-bond acceptors (Lipinski definition) is 6. The first-order valence-electron chi connectivity index (χ1n) is 16.0. The molecule has 6 atom stereocenters. The van der Waals surface area contributed by atoms with Gasteiger partial charge < -0.3 is 18.8 Å². The van der Waals surface area contributed by atoms with Crippen molar-refractivity contribution in [3.05, 3.63) is 66.0 Å². The molecule has 230 valence electrons. The highest BCUT2D eigenvalue weighted by atomic mass is 16.5. The molecule has 7 rings (SSSR count). The molecule has 0 amide bonds. The number of aliphatic imine (C=N–C) groups is 1. The number of esters is 1. The first-order chi connectivity index (χ1) is 21.2. The highest BCUT2D eigenvalue weighted by Crippen LogP contribution is 2.67. The van der Waals surface area contributed by atoms with Crippen LogP contribution in [0.2, 0.25) is 0 Å². The number of imidazole rings is 1. The number of rotatable bonds is 6. The summed E-state index contributed by atoms with van der Waals surface area (Å²) in [5.74, 6) is 2.92. The number of fused-ring (bicyclic) bond motifs is 6. The van der Waals surface area contributed by atoms with Crippen LogP contribution in [-0.2, 0) is 9.53 Å². The monoisotopic (exact) mass is 593 g/mol. The Morgan fingerprint density at radius 1 is 1.00 bits per heavy atom. The van der Waals surface area contributed by atoms with E-state index in [0.717, 1.165) is 55.2 Å². The van der Waals surface area contributed by atoms with Crippen LogP contribution in [0.1, 0.15) is 65.7 Å². The van der Waals surface area contributed by atoms with Crippen molar-refractivity contribution in [1.29, 1.82) is 0 Å². The first-order valence-corrected chi connectivity index (χ1v) is 16.0. The van der Waals surface area contributed by atoms with Gasteiger partial charge >= 0.3 is 5.97 Å². The summed E-state index contributed by atoms with van der Waals surface area (Å²) in [5, 5.41) is 0. The van der Waals surface area contributed by atoms with E-state index >= 15 is 0 Å². The minimum Gasteiger partial charge on any atom is -0.493 e. The highest BCUT2D eigenvalue weighted by Gasteiger charge is 2.58. The van der Waals surface area contributed by atoms with Crippen LogP contribution in [0.3, 0.4) is 0 Å². The largest absolute Gasteiger partial charge is 0.493 e. The minimum atomic E-state index is -0.166. The molecule has 4 aliphatic rings. The highest BCUT2D eigenvalue weighted by molar-refractivity contribution is 5.93. The molecule has 7 nitrogen and oxygen atoms in total. The SMILES string of the molecule is COc1ccc(N=CC2=C(n3cnc4ccccc43)[C@@]3(C)CC[C@H]4[C@@H](CC=C5CC(OC(C)=O)CC[C@@]54C)[C@@H]3C2)cc1OC. The fraction of sp³-hybridized carbons (Fsp3) is 0.486. The number of methoxy groups -OCH3 is 2. The van der Waals surface area contributed by atoms with Crippen molar-refractivity contribution in [1.82, 2.24) is 9.55 Å². The molecule has 0 spiro atoms. The predicted molar refractivity (Wildman–Crippen MR) is 173 cm³/mol. The lowest BCUT2D eigenvalue weighted by Crippen LogP contribution is -2.50. The van der Waals surface area contributed by atoms with Crippen LogP contribution in [0, 0.1) is 28.6 Å². The Kier molecular flexibility index (Phi) is 7.18. The van der Waals surface area contributed by atoms with Crippen molar-refractivity contribution in [2.45, 2.75) is 71.8 Å². The number of hydrogen-bond donors (Lipinski definition) is 0. The first kappa shape index (κ1) is 28.9. The van der Waals surface area contributed by atoms with Crippen LogP contribution >= 0.6 is 0 Å². The van der Waals surface area contributed by atoms with Gasteiger partial charge in [-0.05, 0) is 91.5 Å². The maximum atomic E-state index is 11.7. The molecule has 44 heavy (non-hydrogen) atoms. The normalized spacial score (nSPS) is 31.3. The number of benzene rings is 2. The Balaban J connectivity index is 1.27. The van der Waals surface area contributed by atoms with Crippen LogP contribution in [0.5, 0.6) is 11.5 Å². The molecule has 1 aromatic heterocycles. The molecule has 0 aliphatic heterocycles. The number of allylic oxidation sites excluding steroid dienone is 3. The van der Waals surface area contributed by atoms with Crippen LogP contribution in [0.25, 0.3) is 16.7 Å². The molecular formula is C37H43N3O4. The molecule has 2 aromatic carbocycles. The van der Waals surface area contributed by atoms with Gasteiger partial charge in [0.25, 0.3) is 0 Å². The third kappa shape index (κ3) is 4.58. The number of aromatic nitrogens is 2. The van der Waals surface area contributed by atoms with E-state index in [4.69, 9.17) is 24.2 Å². The lowest BCUT2D eigenvalue weighted by molar-refractivity contribution is -0.148. The second kappa shape index (κ2) is 10.9. The van der Waals surface area contributed by atoms with E-state index in [1.54, 1.807) is 14.2 Å². The van der Waals surface area contributed by atoms with Crippen molar-refractivity contribution in [3.63, 3.8) is 0 Å². The van der Waals surface area contributed by atoms with E-state index in [9.17, 15) is 4.79 Å². The van der Waals surface area contributed by atoms with Gasteiger partial charge in [-0.25, -0.2) is 4.98 Å². The average Bonchev–Trinajstić information content (AvgIpc) is 3.57. The van der Waals surface area contributed by atoms with Gasteiger partial charge in [0.1, 0.15) is 12.4 Å². The molecule has 3 aromatic rings. The maximum Gasteiger partial charge on any atom is 0.302 e. The molecule has 0 saturated heterocycles. The van der Waals surface area contributed by atoms with E-state index in [-0.39, 0.29) is 22.9 Å². The van der Waals surface area contributed by atoms with Crippen molar-refractivity contribution in [2.75, 3.05) is 14.2 Å². The molecule has 1 heterocycles. The van der Waals surface area contributed by atoms with Crippen LogP contribution in [-0.4, -0.2) is 42.1 Å². The second-order valence-corrected chi connectivity index (χ2v) is 13.7. The van der Waals surface area contributed by atoms with Crippen molar-refractivity contribution < 1.29 is 19.0 Å². The van der Waals surface area contributed by atoms with E-state index in [0.29, 0.717) is 29.3 Å². The zero-order valence-electron chi connectivity index (χ0n) is 26.5. The van der Waals surface area contributed by atoms with E-state index in [1.165, 1.54) is 30.2 Å². The standard InChI is InChI=1S/C37H43N3O4/c1-23(41)44-27-14-16-36(2)25(19-27)10-12-28-29(36)15-17-37(3)30(28)18-24(21-38-26-11-13-33(42-4)34(20-26)43-5)35(37)40-22-39-31-8-6-7-9-32(31)40/h6-11,13,20-22,27-30H,12,14-19H2,1-5H3/t27?,28-,29+,30+,36+,37+/m1/s1. The van der Waals surface area contributed by atoms with Gasteiger partial charge in [0.15, 0.2) is 11.5 Å². The number of carbonyl (C=O) groups excluding carboxylic acids is 1. The zero-order valence-corrected chi connectivity index (χ0v) is 26.5. The van der Waals surface area contributed by atoms with Crippen LogP contribution < -0.4 is 9.47 Å². The second-order valence-electron chi connectivity index (χ2n) is 13.7.